The van der Waals surface area contributed by atoms with Gasteiger partial charge in [-0.3, -0.25) is 9.71 Å². The van der Waals surface area contributed by atoms with Gasteiger partial charge in [0.05, 0.1) is 5.69 Å². The predicted molar refractivity (Wildman–Crippen MR) is 78.3 cm³/mol. The molecule has 1 aromatic carbocycles. The topological polar surface area (TPSA) is 85.1 Å². The quantitative estimate of drug-likeness (QED) is 0.840. The average Bonchev–Trinajstić information content (AvgIpc) is 2.31. The van der Waals surface area contributed by atoms with E-state index in [1.807, 2.05) is 0 Å². The van der Waals surface area contributed by atoms with Gasteiger partial charge in [0, 0.05) is 22.1 Å². The Morgan fingerprint density at radius 3 is 2.68 bits per heavy atom. The molecule has 1 heterocycles. The molecular weight excluding hydrogens is 330 g/mol. The average molecular weight is 342 g/mol. The van der Waals surface area contributed by atoms with Gasteiger partial charge in [-0.05, 0) is 53.2 Å². The van der Waals surface area contributed by atoms with Gasteiger partial charge in [-0.2, -0.15) is 0 Å². The molecule has 0 radical (unpaired) electrons. The molecule has 2 rings (SSSR count). The lowest BCUT2D eigenvalue weighted by atomic mass is 10.3. The number of hydrogen-bond acceptors (Lipinski definition) is 4. The Hall–Kier alpha value is -1.60. The van der Waals surface area contributed by atoms with E-state index in [4.69, 9.17) is 5.73 Å². The van der Waals surface area contributed by atoms with Crippen molar-refractivity contribution in [2.75, 3.05) is 10.5 Å². The van der Waals surface area contributed by atoms with Crippen LogP contribution in [0.4, 0.5) is 11.4 Å². The number of anilines is 2. The molecule has 0 aliphatic rings. The Bertz CT molecular complexity index is 717. The van der Waals surface area contributed by atoms with Gasteiger partial charge < -0.3 is 5.73 Å². The Labute approximate surface area is 120 Å². The van der Waals surface area contributed by atoms with Gasteiger partial charge >= 0.3 is 0 Å². The van der Waals surface area contributed by atoms with E-state index in [1.165, 1.54) is 6.07 Å². The summed E-state index contributed by atoms with van der Waals surface area (Å²) in [6.45, 7) is 1.79. The molecule has 0 saturated carbocycles. The number of sulfonamides is 1. The van der Waals surface area contributed by atoms with Crippen molar-refractivity contribution in [1.29, 1.82) is 0 Å². The minimum Gasteiger partial charge on any atom is -0.399 e. The van der Waals surface area contributed by atoms with Crippen molar-refractivity contribution in [1.82, 2.24) is 4.98 Å². The Kier molecular flexibility index (Phi) is 3.77. The summed E-state index contributed by atoms with van der Waals surface area (Å²) in [5, 5.41) is 0. The van der Waals surface area contributed by atoms with E-state index in [0.717, 1.165) is 5.69 Å². The molecule has 100 valence electrons. The molecule has 19 heavy (non-hydrogen) atoms. The lowest BCUT2D eigenvalue weighted by Gasteiger charge is -2.10. The van der Waals surface area contributed by atoms with Crippen LogP contribution in [-0.2, 0) is 10.0 Å². The number of nitrogen functional groups attached to an aromatic ring is 1. The number of benzene rings is 1. The summed E-state index contributed by atoms with van der Waals surface area (Å²) in [6, 6.07) is 7.87. The van der Waals surface area contributed by atoms with Gasteiger partial charge in [0.15, 0.2) is 0 Å². The van der Waals surface area contributed by atoms with Gasteiger partial charge in [-0.25, -0.2) is 8.42 Å². The van der Waals surface area contributed by atoms with Crippen LogP contribution in [0.25, 0.3) is 0 Å². The number of nitrogens with zero attached hydrogens (tertiary/aromatic N) is 1. The van der Waals surface area contributed by atoms with Crippen LogP contribution < -0.4 is 10.5 Å². The van der Waals surface area contributed by atoms with Gasteiger partial charge in [0.1, 0.15) is 4.90 Å². The fourth-order valence-corrected chi connectivity index (χ4v) is 3.59. The van der Waals surface area contributed by atoms with Crippen molar-refractivity contribution in [2.24, 2.45) is 0 Å². The fourth-order valence-electron chi connectivity index (χ4n) is 1.55. The standard InChI is InChI=1S/C12H12BrN3O2S/c1-8-6-10(4-5-15-8)16-19(17,18)12-7-9(14)2-3-11(12)13/h2-7H,14H2,1H3,(H,15,16). The SMILES string of the molecule is Cc1cc(NS(=O)(=O)c2cc(N)ccc2Br)ccn1. The zero-order valence-corrected chi connectivity index (χ0v) is 12.5. The van der Waals surface area contributed by atoms with Crippen molar-refractivity contribution < 1.29 is 8.42 Å². The van der Waals surface area contributed by atoms with E-state index in [9.17, 15) is 8.42 Å². The highest BCUT2D eigenvalue weighted by molar-refractivity contribution is 9.10. The summed E-state index contributed by atoms with van der Waals surface area (Å²) in [6.07, 6.45) is 1.54. The van der Waals surface area contributed by atoms with Crippen molar-refractivity contribution in [3.05, 3.63) is 46.7 Å². The maximum Gasteiger partial charge on any atom is 0.263 e. The Morgan fingerprint density at radius 1 is 1.26 bits per heavy atom. The molecule has 5 nitrogen and oxygen atoms in total. The van der Waals surface area contributed by atoms with E-state index >= 15 is 0 Å². The lowest BCUT2D eigenvalue weighted by Crippen LogP contribution is -2.14. The lowest BCUT2D eigenvalue weighted by molar-refractivity contribution is 0.601. The van der Waals surface area contributed by atoms with Gasteiger partial charge in [-0.1, -0.05) is 0 Å². The third-order valence-electron chi connectivity index (χ3n) is 2.39. The van der Waals surface area contributed by atoms with Crippen molar-refractivity contribution in [3.8, 4) is 0 Å². The zero-order chi connectivity index (χ0) is 14.0. The summed E-state index contributed by atoms with van der Waals surface area (Å²) >= 11 is 3.21. The number of rotatable bonds is 3. The Morgan fingerprint density at radius 2 is 2.00 bits per heavy atom. The highest BCUT2D eigenvalue weighted by Gasteiger charge is 2.18. The maximum absolute atomic E-state index is 12.3. The first-order chi connectivity index (χ1) is 8.88. The van der Waals surface area contributed by atoms with Crippen LogP contribution in [0.5, 0.6) is 0 Å². The van der Waals surface area contributed by atoms with E-state index < -0.39 is 10.0 Å². The number of nitrogens with one attached hydrogen (secondary N) is 1. The molecule has 7 heteroatoms. The molecule has 0 saturated heterocycles. The van der Waals surface area contributed by atoms with E-state index in [0.29, 0.717) is 15.8 Å². The third kappa shape index (κ3) is 3.24. The van der Waals surface area contributed by atoms with Crippen LogP contribution >= 0.6 is 15.9 Å². The normalized spacial score (nSPS) is 11.3. The predicted octanol–water partition coefficient (Wildman–Crippen LogP) is 2.54. The van der Waals surface area contributed by atoms with Crippen LogP contribution in [0.2, 0.25) is 0 Å². The number of aromatic nitrogens is 1. The summed E-state index contributed by atoms with van der Waals surface area (Å²) in [7, 11) is -3.69. The molecule has 0 spiro atoms. The van der Waals surface area contributed by atoms with Crippen molar-refractivity contribution in [3.63, 3.8) is 0 Å². The molecular formula is C12H12BrN3O2S. The number of halogens is 1. The van der Waals surface area contributed by atoms with Crippen LogP contribution in [0.15, 0.2) is 45.9 Å². The summed E-state index contributed by atoms with van der Waals surface area (Å²) in [4.78, 5) is 4.11. The smallest absolute Gasteiger partial charge is 0.263 e. The van der Waals surface area contributed by atoms with E-state index in [-0.39, 0.29) is 4.90 Å². The second kappa shape index (κ2) is 5.18. The van der Waals surface area contributed by atoms with Crippen molar-refractivity contribution in [2.45, 2.75) is 11.8 Å². The molecule has 1 aromatic heterocycles. The first-order valence-electron chi connectivity index (χ1n) is 5.39. The molecule has 0 bridgehead atoms. The van der Waals surface area contributed by atoms with Crippen LogP contribution in [0.1, 0.15) is 5.69 Å². The Balaban J connectivity index is 2.40. The molecule has 3 N–H and O–H groups in total. The zero-order valence-electron chi connectivity index (χ0n) is 10.1. The van der Waals surface area contributed by atoms with E-state index in [2.05, 4.69) is 25.6 Å². The van der Waals surface area contributed by atoms with Crippen molar-refractivity contribution >= 4 is 37.3 Å². The molecule has 0 unspecified atom stereocenters. The van der Waals surface area contributed by atoms with Crippen LogP contribution in [0, 0.1) is 6.92 Å². The molecule has 0 amide bonds. The summed E-state index contributed by atoms with van der Waals surface area (Å²) in [5.74, 6) is 0. The fraction of sp³-hybridized carbons (Fsp3) is 0.0833. The molecule has 0 aliphatic carbocycles. The maximum atomic E-state index is 12.3. The van der Waals surface area contributed by atoms with Crippen LogP contribution in [-0.4, -0.2) is 13.4 Å². The minimum absolute atomic E-state index is 0.0990. The number of hydrogen-bond donors (Lipinski definition) is 2. The van der Waals surface area contributed by atoms with Gasteiger partial charge in [0.25, 0.3) is 10.0 Å². The molecule has 0 aliphatic heterocycles. The molecule has 0 atom stereocenters. The first-order valence-corrected chi connectivity index (χ1v) is 7.66. The first kappa shape index (κ1) is 13.8. The van der Waals surface area contributed by atoms with Gasteiger partial charge in [0.2, 0.25) is 0 Å². The number of nitrogens with two attached hydrogens (primary N) is 1. The summed E-state index contributed by atoms with van der Waals surface area (Å²) in [5.41, 5.74) is 7.19. The number of pyridine rings is 1. The highest BCUT2D eigenvalue weighted by Crippen LogP contribution is 2.26. The highest BCUT2D eigenvalue weighted by atomic mass is 79.9. The van der Waals surface area contributed by atoms with Gasteiger partial charge in [-0.15, -0.1) is 0 Å². The third-order valence-corrected chi connectivity index (χ3v) is 4.77. The summed E-state index contributed by atoms with van der Waals surface area (Å²) < 4.78 is 27.5. The molecule has 0 fully saturated rings. The molecule has 2 aromatic rings. The number of aryl methyl sites for hydroxylation is 1. The monoisotopic (exact) mass is 341 g/mol. The minimum atomic E-state index is -3.69. The van der Waals surface area contributed by atoms with Crippen LogP contribution in [0.3, 0.4) is 0 Å². The second-order valence-corrected chi connectivity index (χ2v) is 6.49. The van der Waals surface area contributed by atoms with E-state index in [1.54, 1.807) is 37.4 Å². The second-order valence-electron chi connectivity index (χ2n) is 3.98. The largest absolute Gasteiger partial charge is 0.399 e.